The molecule has 1 aliphatic heterocycles. The molecule has 5 nitrogen and oxygen atoms in total. The molecule has 1 aliphatic rings. The number of hydrogen-bond acceptors (Lipinski definition) is 3. The van der Waals surface area contributed by atoms with Gasteiger partial charge < -0.3 is 16.0 Å². The van der Waals surface area contributed by atoms with Crippen molar-refractivity contribution in [1.29, 1.82) is 0 Å². The third kappa shape index (κ3) is 6.37. The molecule has 5 heteroatoms. The normalized spacial score (nSPS) is 16.2. The topological polar surface area (TPSA) is 75.4 Å². The Morgan fingerprint density at radius 1 is 1.15 bits per heavy atom. The largest absolute Gasteiger partial charge is 0.353 e. The number of rotatable bonds is 8. The molecule has 0 aromatic heterocycles. The molecule has 0 saturated carbocycles. The summed E-state index contributed by atoms with van der Waals surface area (Å²) in [7, 11) is 0. The van der Waals surface area contributed by atoms with Crippen molar-refractivity contribution in [2.45, 2.75) is 64.3 Å². The monoisotopic (exact) mass is 283 g/mol. The van der Waals surface area contributed by atoms with Crippen LogP contribution >= 0.6 is 0 Å². The van der Waals surface area contributed by atoms with Gasteiger partial charge in [0.1, 0.15) is 0 Å². The first kappa shape index (κ1) is 17.0. The van der Waals surface area contributed by atoms with Gasteiger partial charge in [0.2, 0.25) is 11.8 Å². The molecule has 0 aromatic carbocycles. The van der Waals surface area contributed by atoms with Gasteiger partial charge in [-0.2, -0.15) is 0 Å². The van der Waals surface area contributed by atoms with Gasteiger partial charge >= 0.3 is 0 Å². The summed E-state index contributed by atoms with van der Waals surface area (Å²) < 4.78 is 0. The molecule has 1 fully saturated rings. The van der Waals surface area contributed by atoms with Gasteiger partial charge in [0.15, 0.2) is 0 Å². The van der Waals surface area contributed by atoms with Crippen LogP contribution in [0, 0.1) is 0 Å². The molecule has 1 saturated heterocycles. The third-order valence-electron chi connectivity index (χ3n) is 3.88. The van der Waals surface area contributed by atoms with Gasteiger partial charge in [0.05, 0.1) is 0 Å². The summed E-state index contributed by atoms with van der Waals surface area (Å²) in [5, 5.41) is 3.01. The zero-order valence-corrected chi connectivity index (χ0v) is 12.7. The molecule has 116 valence electrons. The molecule has 0 bridgehead atoms. The Balaban J connectivity index is 2.14. The van der Waals surface area contributed by atoms with E-state index in [2.05, 4.69) is 5.32 Å². The predicted molar refractivity (Wildman–Crippen MR) is 80.2 cm³/mol. The van der Waals surface area contributed by atoms with Crippen LogP contribution in [0.1, 0.15) is 58.3 Å². The van der Waals surface area contributed by atoms with Crippen molar-refractivity contribution in [2.24, 2.45) is 5.73 Å². The molecule has 1 rings (SSSR count). The van der Waals surface area contributed by atoms with E-state index < -0.39 is 0 Å². The molecule has 20 heavy (non-hydrogen) atoms. The van der Waals surface area contributed by atoms with E-state index in [1.807, 2.05) is 11.8 Å². The Kier molecular flexibility index (Phi) is 8.26. The minimum absolute atomic E-state index is 0.106. The highest BCUT2D eigenvalue weighted by Crippen LogP contribution is 2.13. The Bertz CT molecular complexity index is 299. The fourth-order valence-electron chi connectivity index (χ4n) is 2.54. The second-order valence-electron chi connectivity index (χ2n) is 5.53. The summed E-state index contributed by atoms with van der Waals surface area (Å²) in [6.07, 6.45) is 7.16. The fraction of sp³-hybridized carbons (Fsp3) is 0.867. The van der Waals surface area contributed by atoms with Crippen LogP contribution in [-0.2, 0) is 9.59 Å². The van der Waals surface area contributed by atoms with Crippen molar-refractivity contribution < 1.29 is 9.59 Å². The first-order valence-corrected chi connectivity index (χ1v) is 7.94. The number of unbranched alkanes of at least 4 members (excludes halogenated alkanes) is 3. The molecule has 0 spiro atoms. The van der Waals surface area contributed by atoms with Crippen LogP contribution in [0.2, 0.25) is 0 Å². The maximum Gasteiger partial charge on any atom is 0.222 e. The molecule has 0 aliphatic carbocycles. The standard InChI is InChI=1S/C15H29N3O2/c1-2-14(19)17-13-8-11-18(12-9-13)15(20)7-5-3-4-6-10-16/h13H,2-12,16H2,1H3,(H,17,19). The van der Waals surface area contributed by atoms with Crippen molar-refractivity contribution in [3.8, 4) is 0 Å². The van der Waals surface area contributed by atoms with E-state index in [1.54, 1.807) is 0 Å². The lowest BCUT2D eigenvalue weighted by atomic mass is 10.0. The first-order chi connectivity index (χ1) is 9.67. The van der Waals surface area contributed by atoms with E-state index in [9.17, 15) is 9.59 Å². The number of nitrogens with one attached hydrogen (secondary N) is 1. The number of amides is 2. The van der Waals surface area contributed by atoms with Gasteiger partial charge in [-0.1, -0.05) is 19.8 Å². The van der Waals surface area contributed by atoms with E-state index in [1.165, 1.54) is 0 Å². The van der Waals surface area contributed by atoms with Crippen LogP contribution in [0.4, 0.5) is 0 Å². The number of carbonyl (C=O) groups excluding carboxylic acids is 2. The summed E-state index contributed by atoms with van der Waals surface area (Å²) in [4.78, 5) is 25.3. The number of hydrogen-bond donors (Lipinski definition) is 2. The van der Waals surface area contributed by atoms with Crippen LogP contribution in [0.15, 0.2) is 0 Å². The van der Waals surface area contributed by atoms with Gasteiger partial charge in [-0.25, -0.2) is 0 Å². The average Bonchev–Trinajstić information content (AvgIpc) is 2.47. The van der Waals surface area contributed by atoms with Gasteiger partial charge in [-0.3, -0.25) is 9.59 Å². The van der Waals surface area contributed by atoms with Gasteiger partial charge in [0.25, 0.3) is 0 Å². The molecular weight excluding hydrogens is 254 g/mol. The van der Waals surface area contributed by atoms with Gasteiger partial charge in [0, 0.05) is 32.0 Å². The Labute approximate surface area is 122 Å². The molecule has 0 aromatic rings. The second-order valence-corrected chi connectivity index (χ2v) is 5.53. The van der Waals surface area contributed by atoms with Crippen molar-refractivity contribution >= 4 is 11.8 Å². The minimum atomic E-state index is 0.106. The number of nitrogens with zero attached hydrogens (tertiary/aromatic N) is 1. The van der Waals surface area contributed by atoms with E-state index >= 15 is 0 Å². The Hall–Kier alpha value is -1.10. The highest BCUT2D eigenvalue weighted by molar-refractivity contribution is 5.77. The van der Waals surface area contributed by atoms with E-state index in [-0.39, 0.29) is 17.9 Å². The van der Waals surface area contributed by atoms with E-state index in [0.29, 0.717) is 12.8 Å². The van der Waals surface area contributed by atoms with Crippen LogP contribution in [0.25, 0.3) is 0 Å². The maximum absolute atomic E-state index is 12.0. The Morgan fingerprint density at radius 3 is 2.40 bits per heavy atom. The maximum atomic E-state index is 12.0. The quantitative estimate of drug-likeness (QED) is 0.661. The highest BCUT2D eigenvalue weighted by atomic mass is 16.2. The second kappa shape index (κ2) is 9.75. The highest BCUT2D eigenvalue weighted by Gasteiger charge is 2.22. The lowest BCUT2D eigenvalue weighted by Gasteiger charge is -2.32. The van der Waals surface area contributed by atoms with Crippen molar-refractivity contribution in [3.05, 3.63) is 0 Å². The molecule has 0 atom stereocenters. The fourth-order valence-corrected chi connectivity index (χ4v) is 2.54. The van der Waals surface area contributed by atoms with Gasteiger partial charge in [-0.15, -0.1) is 0 Å². The summed E-state index contributed by atoms with van der Waals surface area (Å²) in [6, 6.07) is 0.246. The Morgan fingerprint density at radius 2 is 1.80 bits per heavy atom. The van der Waals surface area contributed by atoms with Gasteiger partial charge in [-0.05, 0) is 32.2 Å². The smallest absolute Gasteiger partial charge is 0.222 e. The summed E-state index contributed by atoms with van der Waals surface area (Å²) in [5.41, 5.74) is 5.44. The average molecular weight is 283 g/mol. The zero-order chi connectivity index (χ0) is 14.8. The predicted octanol–water partition coefficient (Wildman–Crippen LogP) is 1.41. The van der Waals surface area contributed by atoms with Crippen molar-refractivity contribution in [1.82, 2.24) is 10.2 Å². The van der Waals surface area contributed by atoms with Crippen LogP contribution in [0.5, 0.6) is 0 Å². The molecule has 1 heterocycles. The number of likely N-dealkylation sites (tertiary alicyclic amines) is 1. The van der Waals surface area contributed by atoms with Crippen LogP contribution < -0.4 is 11.1 Å². The van der Waals surface area contributed by atoms with Crippen LogP contribution in [0.3, 0.4) is 0 Å². The summed E-state index contributed by atoms with van der Waals surface area (Å²) >= 11 is 0. The number of piperidine rings is 1. The van der Waals surface area contributed by atoms with Crippen molar-refractivity contribution in [2.75, 3.05) is 19.6 Å². The molecule has 0 unspecified atom stereocenters. The SMILES string of the molecule is CCC(=O)NC1CCN(C(=O)CCCCCCN)CC1. The lowest BCUT2D eigenvalue weighted by Crippen LogP contribution is -2.46. The molecule has 3 N–H and O–H groups in total. The number of nitrogens with two attached hydrogens (primary N) is 1. The van der Waals surface area contributed by atoms with E-state index in [4.69, 9.17) is 5.73 Å². The molecular formula is C15H29N3O2. The van der Waals surface area contributed by atoms with Crippen molar-refractivity contribution in [3.63, 3.8) is 0 Å². The minimum Gasteiger partial charge on any atom is -0.353 e. The lowest BCUT2D eigenvalue weighted by molar-refractivity contribution is -0.132. The first-order valence-electron chi connectivity index (χ1n) is 7.94. The zero-order valence-electron chi connectivity index (χ0n) is 12.7. The molecule has 2 amide bonds. The third-order valence-corrected chi connectivity index (χ3v) is 3.88. The summed E-state index contributed by atoms with van der Waals surface area (Å²) in [5.74, 6) is 0.368. The molecule has 0 radical (unpaired) electrons. The van der Waals surface area contributed by atoms with E-state index in [0.717, 1.165) is 58.2 Å². The number of carbonyl (C=O) groups is 2. The summed E-state index contributed by atoms with van der Waals surface area (Å²) in [6.45, 7) is 4.15. The van der Waals surface area contributed by atoms with Crippen LogP contribution in [-0.4, -0.2) is 42.4 Å².